The molecule has 112 valence electrons. The molecule has 2 N–H and O–H groups in total. The lowest BCUT2D eigenvalue weighted by Gasteiger charge is -2.06. The second-order valence-corrected chi connectivity index (χ2v) is 6.24. The first-order valence-corrected chi connectivity index (χ1v) is 8.10. The summed E-state index contributed by atoms with van der Waals surface area (Å²) in [7, 11) is 0. The highest BCUT2D eigenvalue weighted by Gasteiger charge is 2.31. The molecule has 0 unspecified atom stereocenters. The normalized spacial score (nSPS) is 14.6. The van der Waals surface area contributed by atoms with Crippen molar-refractivity contribution in [2.45, 2.75) is 38.3 Å². The van der Waals surface area contributed by atoms with Crippen molar-refractivity contribution < 1.29 is 9.63 Å². The molecule has 2 aromatic rings. The molecule has 5 heteroatoms. The predicted molar refractivity (Wildman–Crippen MR) is 84.0 cm³/mol. The Morgan fingerprint density at radius 3 is 2.62 bits per heavy atom. The summed E-state index contributed by atoms with van der Waals surface area (Å²) in [6.07, 6.45) is 3.39. The summed E-state index contributed by atoms with van der Waals surface area (Å²) in [6, 6.07) is 8.07. The summed E-state index contributed by atoms with van der Waals surface area (Å²) < 4.78 is 6.22. The van der Waals surface area contributed by atoms with Crippen LogP contribution >= 0.6 is 15.9 Å². The monoisotopic (exact) mass is 350 g/mol. The standard InChI is InChI=1S/C16H19BrN2O2/c17-16-14(15(21-19-16)13-5-6-13)9-18-8-7-11-1-3-12(10-20)4-2-11/h1-4,13,18,20H,5-10H2. The van der Waals surface area contributed by atoms with E-state index in [4.69, 9.17) is 9.63 Å². The lowest BCUT2D eigenvalue weighted by Crippen LogP contribution is -2.17. The zero-order valence-corrected chi connectivity index (χ0v) is 13.4. The lowest BCUT2D eigenvalue weighted by atomic mass is 10.1. The Hall–Kier alpha value is -1.17. The Balaban J connectivity index is 1.48. The number of hydrogen-bond donors (Lipinski definition) is 2. The first-order valence-electron chi connectivity index (χ1n) is 7.31. The first kappa shape index (κ1) is 14.8. The minimum Gasteiger partial charge on any atom is -0.392 e. The molecule has 0 radical (unpaired) electrons. The molecule has 1 aliphatic carbocycles. The highest BCUT2D eigenvalue weighted by molar-refractivity contribution is 9.10. The highest BCUT2D eigenvalue weighted by atomic mass is 79.9. The minimum atomic E-state index is 0.101. The molecule has 0 saturated heterocycles. The minimum absolute atomic E-state index is 0.101. The van der Waals surface area contributed by atoms with Crippen molar-refractivity contribution in [2.75, 3.05) is 6.54 Å². The molecule has 1 saturated carbocycles. The fourth-order valence-corrected chi connectivity index (χ4v) is 2.79. The van der Waals surface area contributed by atoms with Crippen LogP contribution in [0.25, 0.3) is 0 Å². The number of nitrogens with one attached hydrogen (secondary N) is 1. The molecule has 1 aliphatic rings. The van der Waals surface area contributed by atoms with Gasteiger partial charge < -0.3 is 14.9 Å². The van der Waals surface area contributed by atoms with E-state index in [0.717, 1.165) is 41.0 Å². The highest BCUT2D eigenvalue weighted by Crippen LogP contribution is 2.43. The second-order valence-electron chi connectivity index (χ2n) is 5.49. The van der Waals surface area contributed by atoms with Crippen molar-refractivity contribution in [2.24, 2.45) is 0 Å². The molecule has 1 aromatic carbocycles. The number of hydrogen-bond acceptors (Lipinski definition) is 4. The van der Waals surface area contributed by atoms with Crippen molar-refractivity contribution in [3.8, 4) is 0 Å². The molecule has 1 heterocycles. The van der Waals surface area contributed by atoms with E-state index in [2.05, 4.69) is 38.5 Å². The number of aliphatic hydroxyl groups is 1. The van der Waals surface area contributed by atoms with Crippen LogP contribution in [-0.4, -0.2) is 16.8 Å². The molecule has 21 heavy (non-hydrogen) atoms. The fraction of sp³-hybridized carbons (Fsp3) is 0.438. The third kappa shape index (κ3) is 3.73. The predicted octanol–water partition coefficient (Wildman–Crippen LogP) is 3.14. The second kappa shape index (κ2) is 6.73. The van der Waals surface area contributed by atoms with Gasteiger partial charge in [-0.15, -0.1) is 0 Å². The van der Waals surface area contributed by atoms with E-state index in [1.807, 2.05) is 12.1 Å². The van der Waals surface area contributed by atoms with Crippen LogP contribution in [0.15, 0.2) is 33.4 Å². The van der Waals surface area contributed by atoms with Crippen LogP contribution in [0.2, 0.25) is 0 Å². The van der Waals surface area contributed by atoms with E-state index in [1.165, 1.54) is 18.4 Å². The van der Waals surface area contributed by atoms with E-state index in [-0.39, 0.29) is 6.61 Å². The van der Waals surface area contributed by atoms with Crippen molar-refractivity contribution in [3.63, 3.8) is 0 Å². The van der Waals surface area contributed by atoms with Gasteiger partial charge in [0.15, 0.2) is 4.60 Å². The third-order valence-electron chi connectivity index (χ3n) is 3.82. The molecule has 1 aromatic heterocycles. The van der Waals surface area contributed by atoms with E-state index in [0.29, 0.717) is 5.92 Å². The maximum Gasteiger partial charge on any atom is 0.153 e. The van der Waals surface area contributed by atoms with Gasteiger partial charge in [0, 0.05) is 18.0 Å². The van der Waals surface area contributed by atoms with Crippen LogP contribution < -0.4 is 5.32 Å². The van der Waals surface area contributed by atoms with Gasteiger partial charge in [-0.1, -0.05) is 29.4 Å². The van der Waals surface area contributed by atoms with Gasteiger partial charge in [-0.2, -0.15) is 0 Å². The average molecular weight is 351 g/mol. The number of nitrogens with zero attached hydrogens (tertiary/aromatic N) is 1. The van der Waals surface area contributed by atoms with E-state index >= 15 is 0 Å². The van der Waals surface area contributed by atoms with Crippen LogP contribution in [0.4, 0.5) is 0 Å². The maximum atomic E-state index is 9.02. The van der Waals surface area contributed by atoms with Crippen LogP contribution in [0.3, 0.4) is 0 Å². The Labute approximate surface area is 132 Å². The molecule has 3 rings (SSSR count). The Bertz CT molecular complexity index is 591. The Morgan fingerprint density at radius 1 is 1.24 bits per heavy atom. The average Bonchev–Trinajstić information content (AvgIpc) is 3.29. The van der Waals surface area contributed by atoms with Gasteiger partial charge in [-0.25, -0.2) is 0 Å². The van der Waals surface area contributed by atoms with Gasteiger partial charge >= 0.3 is 0 Å². The quantitative estimate of drug-likeness (QED) is 0.753. The van der Waals surface area contributed by atoms with Crippen molar-refractivity contribution in [3.05, 3.63) is 51.3 Å². The van der Waals surface area contributed by atoms with Crippen LogP contribution in [-0.2, 0) is 19.6 Å². The van der Waals surface area contributed by atoms with Crippen LogP contribution in [0.5, 0.6) is 0 Å². The molecule has 0 atom stereocenters. The molecule has 0 spiro atoms. The molecular formula is C16H19BrN2O2. The zero-order valence-electron chi connectivity index (χ0n) is 11.8. The van der Waals surface area contributed by atoms with Gasteiger partial charge in [-0.3, -0.25) is 0 Å². The number of aliphatic hydroxyl groups excluding tert-OH is 1. The fourth-order valence-electron chi connectivity index (χ4n) is 2.39. The lowest BCUT2D eigenvalue weighted by molar-refractivity contribution is 0.282. The van der Waals surface area contributed by atoms with Gasteiger partial charge in [0.05, 0.1) is 6.61 Å². The first-order chi connectivity index (χ1) is 10.3. The number of aromatic nitrogens is 1. The van der Waals surface area contributed by atoms with Crippen molar-refractivity contribution in [1.29, 1.82) is 0 Å². The van der Waals surface area contributed by atoms with E-state index in [9.17, 15) is 0 Å². The van der Waals surface area contributed by atoms with Crippen LogP contribution in [0.1, 0.15) is 41.2 Å². The molecular weight excluding hydrogens is 332 g/mol. The molecule has 4 nitrogen and oxygen atoms in total. The maximum absolute atomic E-state index is 9.02. The largest absolute Gasteiger partial charge is 0.392 e. The van der Waals surface area contributed by atoms with E-state index < -0.39 is 0 Å². The molecule has 1 fully saturated rings. The Morgan fingerprint density at radius 2 is 1.95 bits per heavy atom. The Kier molecular flexibility index (Phi) is 4.73. The van der Waals surface area contributed by atoms with Gasteiger partial charge in [0.1, 0.15) is 5.76 Å². The summed E-state index contributed by atoms with van der Waals surface area (Å²) in [6.45, 7) is 1.79. The molecule has 0 amide bonds. The SMILES string of the molecule is OCc1ccc(CCNCc2c(Br)noc2C2CC2)cc1. The summed E-state index contributed by atoms with van der Waals surface area (Å²) in [4.78, 5) is 0. The number of benzene rings is 1. The van der Waals surface area contributed by atoms with Crippen molar-refractivity contribution >= 4 is 15.9 Å². The molecule has 0 bridgehead atoms. The van der Waals surface area contributed by atoms with Crippen LogP contribution in [0, 0.1) is 0 Å². The third-order valence-corrected chi connectivity index (χ3v) is 4.44. The number of halogens is 1. The summed E-state index contributed by atoms with van der Waals surface area (Å²) in [5.41, 5.74) is 3.38. The van der Waals surface area contributed by atoms with Crippen molar-refractivity contribution in [1.82, 2.24) is 10.5 Å². The smallest absolute Gasteiger partial charge is 0.153 e. The summed E-state index contributed by atoms with van der Waals surface area (Å²) in [5.74, 6) is 1.62. The van der Waals surface area contributed by atoms with E-state index in [1.54, 1.807) is 0 Å². The molecule has 0 aliphatic heterocycles. The number of rotatable bonds is 7. The topological polar surface area (TPSA) is 58.3 Å². The summed E-state index contributed by atoms with van der Waals surface area (Å²) in [5, 5.41) is 16.5. The summed E-state index contributed by atoms with van der Waals surface area (Å²) >= 11 is 3.46. The van der Waals surface area contributed by atoms with Gasteiger partial charge in [-0.05, 0) is 52.9 Å². The van der Waals surface area contributed by atoms with Gasteiger partial charge in [0.2, 0.25) is 0 Å². The zero-order chi connectivity index (χ0) is 14.7. The van der Waals surface area contributed by atoms with Gasteiger partial charge in [0.25, 0.3) is 0 Å².